The second-order valence-electron chi connectivity index (χ2n) is 6.88. The van der Waals surface area contributed by atoms with Gasteiger partial charge < -0.3 is 14.8 Å². The molecule has 1 spiro atoms. The van der Waals surface area contributed by atoms with Gasteiger partial charge in [-0.1, -0.05) is 6.07 Å². The van der Waals surface area contributed by atoms with Crippen LogP contribution in [0.1, 0.15) is 49.3 Å². The van der Waals surface area contributed by atoms with E-state index in [1.165, 1.54) is 43.2 Å². The van der Waals surface area contributed by atoms with Crippen molar-refractivity contribution in [1.82, 2.24) is 5.32 Å². The SMILES string of the molecule is COc1ccc2c(c1)CCNC2C1CCOC2(CCC2)C1. The lowest BCUT2D eigenvalue weighted by molar-refractivity contribution is -0.147. The van der Waals surface area contributed by atoms with Gasteiger partial charge in [0.05, 0.1) is 12.7 Å². The summed E-state index contributed by atoms with van der Waals surface area (Å²) in [6, 6.07) is 7.10. The molecule has 1 saturated heterocycles. The van der Waals surface area contributed by atoms with Gasteiger partial charge in [-0.15, -0.1) is 0 Å². The molecule has 2 heterocycles. The van der Waals surface area contributed by atoms with Gasteiger partial charge in [0.1, 0.15) is 5.75 Å². The first-order valence-electron chi connectivity index (χ1n) is 8.34. The minimum Gasteiger partial charge on any atom is -0.497 e. The Morgan fingerprint density at radius 1 is 1.33 bits per heavy atom. The summed E-state index contributed by atoms with van der Waals surface area (Å²) < 4.78 is 11.5. The fourth-order valence-corrected chi connectivity index (χ4v) is 4.39. The first kappa shape index (κ1) is 13.6. The summed E-state index contributed by atoms with van der Waals surface area (Å²) in [5, 5.41) is 3.77. The number of nitrogens with one attached hydrogen (secondary N) is 1. The van der Waals surface area contributed by atoms with E-state index in [-0.39, 0.29) is 5.60 Å². The lowest BCUT2D eigenvalue weighted by Crippen LogP contribution is -2.48. The first-order valence-corrected chi connectivity index (χ1v) is 8.34. The summed E-state index contributed by atoms with van der Waals surface area (Å²) in [7, 11) is 1.75. The van der Waals surface area contributed by atoms with E-state index < -0.39 is 0 Å². The van der Waals surface area contributed by atoms with E-state index in [4.69, 9.17) is 9.47 Å². The summed E-state index contributed by atoms with van der Waals surface area (Å²) in [5.41, 5.74) is 3.19. The molecule has 114 valence electrons. The monoisotopic (exact) mass is 287 g/mol. The Bertz CT molecular complexity index is 524. The lowest BCUT2D eigenvalue weighted by Gasteiger charge is -2.49. The Morgan fingerprint density at radius 2 is 2.24 bits per heavy atom. The molecule has 2 aliphatic heterocycles. The Balaban J connectivity index is 1.59. The Morgan fingerprint density at radius 3 is 3.00 bits per heavy atom. The number of ether oxygens (including phenoxy) is 2. The molecule has 3 aliphatic rings. The highest BCUT2D eigenvalue weighted by Crippen LogP contribution is 2.48. The molecule has 2 atom stereocenters. The zero-order valence-corrected chi connectivity index (χ0v) is 12.9. The number of methoxy groups -OCH3 is 1. The molecule has 3 nitrogen and oxygen atoms in total. The average Bonchev–Trinajstić information content (AvgIpc) is 2.52. The fraction of sp³-hybridized carbons (Fsp3) is 0.667. The molecule has 1 aromatic rings. The minimum atomic E-state index is 0.231. The molecule has 0 bridgehead atoms. The minimum absolute atomic E-state index is 0.231. The smallest absolute Gasteiger partial charge is 0.119 e. The van der Waals surface area contributed by atoms with Crippen molar-refractivity contribution < 1.29 is 9.47 Å². The highest BCUT2D eigenvalue weighted by atomic mass is 16.5. The van der Waals surface area contributed by atoms with E-state index in [9.17, 15) is 0 Å². The lowest BCUT2D eigenvalue weighted by atomic mass is 9.69. The maximum atomic E-state index is 6.10. The molecule has 2 unspecified atom stereocenters. The summed E-state index contributed by atoms with van der Waals surface area (Å²) in [6.07, 6.45) is 7.41. The van der Waals surface area contributed by atoms with Crippen LogP contribution in [-0.4, -0.2) is 25.9 Å². The third-order valence-electron chi connectivity index (χ3n) is 5.71. The number of hydrogen-bond donors (Lipinski definition) is 1. The second-order valence-corrected chi connectivity index (χ2v) is 6.88. The Kier molecular flexibility index (Phi) is 3.43. The highest BCUT2D eigenvalue weighted by molar-refractivity contribution is 5.39. The summed E-state index contributed by atoms with van der Waals surface area (Å²) in [4.78, 5) is 0. The van der Waals surface area contributed by atoms with Crippen molar-refractivity contribution in [2.75, 3.05) is 20.3 Å². The van der Waals surface area contributed by atoms with Crippen LogP contribution in [0.3, 0.4) is 0 Å². The van der Waals surface area contributed by atoms with Crippen molar-refractivity contribution in [3.05, 3.63) is 29.3 Å². The third-order valence-corrected chi connectivity index (χ3v) is 5.71. The molecular formula is C18H25NO2. The van der Waals surface area contributed by atoms with Crippen LogP contribution >= 0.6 is 0 Å². The van der Waals surface area contributed by atoms with Crippen LogP contribution in [0, 0.1) is 5.92 Å². The average molecular weight is 287 g/mol. The van der Waals surface area contributed by atoms with Gasteiger partial charge in [0.2, 0.25) is 0 Å². The van der Waals surface area contributed by atoms with Crippen LogP contribution in [0.25, 0.3) is 0 Å². The predicted molar refractivity (Wildman–Crippen MR) is 82.7 cm³/mol. The normalized spacial score (nSPS) is 30.5. The second kappa shape index (κ2) is 5.29. The Hall–Kier alpha value is -1.06. The number of hydrogen-bond acceptors (Lipinski definition) is 3. The van der Waals surface area contributed by atoms with E-state index in [0.29, 0.717) is 12.0 Å². The molecular weight excluding hydrogens is 262 g/mol. The van der Waals surface area contributed by atoms with Gasteiger partial charge in [0.15, 0.2) is 0 Å². The largest absolute Gasteiger partial charge is 0.497 e. The van der Waals surface area contributed by atoms with E-state index in [1.54, 1.807) is 7.11 Å². The molecule has 1 aliphatic carbocycles. The zero-order valence-electron chi connectivity index (χ0n) is 12.9. The fourth-order valence-electron chi connectivity index (χ4n) is 4.39. The van der Waals surface area contributed by atoms with Gasteiger partial charge in [0.25, 0.3) is 0 Å². The summed E-state index contributed by atoms with van der Waals surface area (Å²) >= 11 is 0. The summed E-state index contributed by atoms with van der Waals surface area (Å²) in [5.74, 6) is 1.70. The molecule has 1 saturated carbocycles. The van der Waals surface area contributed by atoms with Gasteiger partial charge in [-0.3, -0.25) is 0 Å². The standard InChI is InChI=1S/C18H25NO2/c1-20-15-3-4-16-13(11-15)5-9-19-17(16)14-6-10-21-18(12-14)7-2-8-18/h3-4,11,14,17,19H,2,5-10,12H2,1H3. The molecule has 21 heavy (non-hydrogen) atoms. The van der Waals surface area contributed by atoms with Crippen LogP contribution in [0.4, 0.5) is 0 Å². The van der Waals surface area contributed by atoms with Crippen molar-refractivity contribution >= 4 is 0 Å². The molecule has 1 N–H and O–H groups in total. The number of fused-ring (bicyclic) bond motifs is 1. The molecule has 2 fully saturated rings. The van der Waals surface area contributed by atoms with Crippen LogP contribution < -0.4 is 10.1 Å². The summed E-state index contributed by atoms with van der Waals surface area (Å²) in [6.45, 7) is 2.02. The van der Waals surface area contributed by atoms with Crippen LogP contribution in [0.15, 0.2) is 18.2 Å². The molecule has 1 aromatic carbocycles. The highest BCUT2D eigenvalue weighted by Gasteiger charge is 2.45. The van der Waals surface area contributed by atoms with Crippen molar-refractivity contribution in [2.45, 2.75) is 50.2 Å². The van der Waals surface area contributed by atoms with Gasteiger partial charge in [0, 0.05) is 12.6 Å². The first-order chi connectivity index (χ1) is 10.3. The number of rotatable bonds is 2. The molecule has 4 rings (SSSR count). The van der Waals surface area contributed by atoms with Crippen LogP contribution in [0.2, 0.25) is 0 Å². The molecule has 0 aromatic heterocycles. The predicted octanol–water partition coefficient (Wildman–Crippen LogP) is 3.23. The van der Waals surface area contributed by atoms with Crippen molar-refractivity contribution in [1.29, 1.82) is 0 Å². The van der Waals surface area contributed by atoms with E-state index >= 15 is 0 Å². The topological polar surface area (TPSA) is 30.5 Å². The van der Waals surface area contributed by atoms with Crippen molar-refractivity contribution in [3.8, 4) is 5.75 Å². The van der Waals surface area contributed by atoms with E-state index in [0.717, 1.165) is 25.3 Å². The molecule has 0 radical (unpaired) electrons. The van der Waals surface area contributed by atoms with Crippen LogP contribution in [-0.2, 0) is 11.2 Å². The molecule has 0 amide bonds. The third kappa shape index (κ3) is 2.36. The van der Waals surface area contributed by atoms with Crippen molar-refractivity contribution in [2.24, 2.45) is 5.92 Å². The zero-order chi connectivity index (χ0) is 14.3. The van der Waals surface area contributed by atoms with Gasteiger partial charge in [-0.05, 0) is 74.2 Å². The molecule has 3 heteroatoms. The number of benzene rings is 1. The van der Waals surface area contributed by atoms with Gasteiger partial charge in [-0.25, -0.2) is 0 Å². The van der Waals surface area contributed by atoms with Gasteiger partial charge in [-0.2, -0.15) is 0 Å². The maximum Gasteiger partial charge on any atom is 0.119 e. The van der Waals surface area contributed by atoms with E-state index in [2.05, 4.69) is 23.5 Å². The van der Waals surface area contributed by atoms with Crippen LogP contribution in [0.5, 0.6) is 5.75 Å². The quantitative estimate of drug-likeness (QED) is 0.906. The van der Waals surface area contributed by atoms with Crippen molar-refractivity contribution in [3.63, 3.8) is 0 Å². The maximum absolute atomic E-state index is 6.10. The van der Waals surface area contributed by atoms with E-state index in [1.807, 2.05) is 0 Å². The Labute approximate surface area is 127 Å². The van der Waals surface area contributed by atoms with Gasteiger partial charge >= 0.3 is 0 Å².